The van der Waals surface area contributed by atoms with Crippen molar-refractivity contribution in [1.82, 2.24) is 5.73 Å². The quantitative estimate of drug-likeness (QED) is 0.649. The van der Waals surface area contributed by atoms with E-state index in [9.17, 15) is 0 Å². The van der Waals surface area contributed by atoms with Crippen LogP contribution >= 0.6 is 0 Å². The van der Waals surface area contributed by atoms with E-state index in [-0.39, 0.29) is 0 Å². The fourth-order valence-corrected chi connectivity index (χ4v) is 1.16. The first-order chi connectivity index (χ1) is 5.83. The summed E-state index contributed by atoms with van der Waals surface area (Å²) in [5.74, 6) is 0.533. The van der Waals surface area contributed by atoms with Crippen LogP contribution < -0.4 is 5.73 Å². The molecule has 0 aromatic heterocycles. The fraction of sp³-hybridized carbons (Fsp3) is 0.455. The average molecular weight is 162 g/mol. The van der Waals surface area contributed by atoms with Gasteiger partial charge in [-0.2, -0.15) is 0 Å². The molecule has 1 nitrogen and oxygen atoms in total. The third kappa shape index (κ3) is 3.05. The Kier molecular flexibility index (Phi) is 3.81. The van der Waals surface area contributed by atoms with E-state index in [0.29, 0.717) is 12.5 Å². The third-order valence-electron chi connectivity index (χ3n) is 2.12. The van der Waals surface area contributed by atoms with Crippen LogP contribution in [0.25, 0.3) is 0 Å². The normalized spacial score (nSPS) is 12.8. The monoisotopic (exact) mass is 162 g/mol. The van der Waals surface area contributed by atoms with E-state index in [4.69, 9.17) is 5.73 Å². The van der Waals surface area contributed by atoms with Crippen LogP contribution in [0.3, 0.4) is 0 Å². The molecule has 0 aliphatic rings. The summed E-state index contributed by atoms with van der Waals surface area (Å²) in [6, 6.07) is 10.5. The van der Waals surface area contributed by atoms with Crippen LogP contribution in [0.1, 0.15) is 18.9 Å². The second-order valence-electron chi connectivity index (χ2n) is 3.33. The summed E-state index contributed by atoms with van der Waals surface area (Å²) < 4.78 is 0. The van der Waals surface area contributed by atoms with Crippen molar-refractivity contribution in [2.75, 3.05) is 6.54 Å². The Labute approximate surface area is 74.6 Å². The summed E-state index contributed by atoms with van der Waals surface area (Å²) in [7, 11) is 0. The zero-order valence-corrected chi connectivity index (χ0v) is 7.59. The van der Waals surface area contributed by atoms with Gasteiger partial charge in [0.1, 0.15) is 0 Å². The van der Waals surface area contributed by atoms with E-state index in [1.807, 2.05) is 6.07 Å². The highest BCUT2D eigenvalue weighted by molar-refractivity contribution is 5.14. The Morgan fingerprint density at radius 1 is 1.25 bits per heavy atom. The molecule has 1 atom stereocenters. The molecule has 0 spiro atoms. The summed E-state index contributed by atoms with van der Waals surface area (Å²) in [6.07, 6.45) is 2.24. The zero-order valence-electron chi connectivity index (χ0n) is 7.59. The summed E-state index contributed by atoms with van der Waals surface area (Å²) in [6.45, 7) is 2.68. The van der Waals surface area contributed by atoms with Crippen molar-refractivity contribution in [2.45, 2.75) is 19.8 Å². The molecular weight excluding hydrogens is 146 g/mol. The Hall–Kier alpha value is -0.820. The maximum absolute atomic E-state index is 7.17. The van der Waals surface area contributed by atoms with Crippen molar-refractivity contribution in [2.24, 2.45) is 5.92 Å². The topological polar surface area (TPSA) is 23.8 Å². The lowest BCUT2D eigenvalue weighted by molar-refractivity contribution is 0.538. The molecule has 1 unspecified atom stereocenters. The van der Waals surface area contributed by atoms with Gasteiger partial charge in [-0.05, 0) is 24.3 Å². The zero-order chi connectivity index (χ0) is 8.81. The van der Waals surface area contributed by atoms with E-state index in [1.54, 1.807) is 0 Å². The van der Waals surface area contributed by atoms with Crippen LogP contribution in [0, 0.1) is 5.92 Å². The SMILES string of the molecule is CC(C[NH])CCc1ccccc1. The number of nitrogens with one attached hydrogen (secondary N) is 1. The van der Waals surface area contributed by atoms with Gasteiger partial charge in [0.15, 0.2) is 0 Å². The summed E-state index contributed by atoms with van der Waals surface area (Å²) in [4.78, 5) is 0. The van der Waals surface area contributed by atoms with Gasteiger partial charge in [0.25, 0.3) is 0 Å². The van der Waals surface area contributed by atoms with Gasteiger partial charge in [-0.1, -0.05) is 37.3 Å². The molecule has 0 amide bonds. The highest BCUT2D eigenvalue weighted by Crippen LogP contribution is 2.07. The van der Waals surface area contributed by atoms with Gasteiger partial charge in [0.05, 0.1) is 0 Å². The molecule has 1 aromatic carbocycles. The molecule has 1 aromatic rings. The van der Waals surface area contributed by atoms with Gasteiger partial charge in [-0.15, -0.1) is 0 Å². The highest BCUT2D eigenvalue weighted by atomic mass is 14.5. The first kappa shape index (κ1) is 9.27. The Morgan fingerprint density at radius 2 is 1.92 bits per heavy atom. The Balaban J connectivity index is 2.33. The molecule has 65 valence electrons. The average Bonchev–Trinajstić information content (AvgIpc) is 2.16. The van der Waals surface area contributed by atoms with Crippen LogP contribution in [-0.4, -0.2) is 6.54 Å². The van der Waals surface area contributed by atoms with E-state index in [1.165, 1.54) is 5.56 Å². The molecule has 1 rings (SSSR count). The number of hydrogen-bond donors (Lipinski definition) is 0. The van der Waals surface area contributed by atoms with Gasteiger partial charge < -0.3 is 0 Å². The van der Waals surface area contributed by atoms with Crippen LogP contribution in [-0.2, 0) is 6.42 Å². The van der Waals surface area contributed by atoms with Crippen molar-refractivity contribution >= 4 is 0 Å². The minimum absolute atomic E-state index is 0.533. The Bertz CT molecular complexity index is 206. The van der Waals surface area contributed by atoms with Crippen LogP contribution in [0.4, 0.5) is 0 Å². The number of hydrogen-bond acceptors (Lipinski definition) is 0. The van der Waals surface area contributed by atoms with E-state index < -0.39 is 0 Å². The lowest BCUT2D eigenvalue weighted by Gasteiger charge is -2.06. The number of rotatable bonds is 4. The lowest BCUT2D eigenvalue weighted by Crippen LogP contribution is -2.03. The van der Waals surface area contributed by atoms with Gasteiger partial charge in [-0.3, -0.25) is 5.73 Å². The van der Waals surface area contributed by atoms with E-state index in [0.717, 1.165) is 12.8 Å². The lowest BCUT2D eigenvalue weighted by atomic mass is 10.0. The van der Waals surface area contributed by atoms with Crippen molar-refractivity contribution in [3.63, 3.8) is 0 Å². The summed E-state index contributed by atoms with van der Waals surface area (Å²) >= 11 is 0. The fourth-order valence-electron chi connectivity index (χ4n) is 1.16. The molecule has 0 aliphatic heterocycles. The maximum atomic E-state index is 7.17. The highest BCUT2D eigenvalue weighted by Gasteiger charge is 1.99. The molecule has 1 N–H and O–H groups in total. The van der Waals surface area contributed by atoms with Crippen LogP contribution in [0.15, 0.2) is 30.3 Å². The van der Waals surface area contributed by atoms with Gasteiger partial charge in [-0.25, -0.2) is 0 Å². The maximum Gasteiger partial charge on any atom is 0.0126 e. The smallest absolute Gasteiger partial charge is 0.0126 e. The first-order valence-corrected chi connectivity index (χ1v) is 4.51. The number of aryl methyl sites for hydroxylation is 1. The molecule has 12 heavy (non-hydrogen) atoms. The standard InChI is InChI=1S/C11H16N/c1-10(9-12)7-8-11-5-3-2-4-6-11/h2-6,10,12H,7-9H2,1H3. The predicted molar refractivity (Wildman–Crippen MR) is 51.9 cm³/mol. The van der Waals surface area contributed by atoms with Crippen LogP contribution in [0.5, 0.6) is 0 Å². The van der Waals surface area contributed by atoms with E-state index in [2.05, 4.69) is 31.2 Å². The van der Waals surface area contributed by atoms with Crippen molar-refractivity contribution in [3.05, 3.63) is 35.9 Å². The Morgan fingerprint density at radius 3 is 2.50 bits per heavy atom. The summed E-state index contributed by atoms with van der Waals surface area (Å²) in [5.41, 5.74) is 8.56. The minimum atomic E-state index is 0.533. The number of benzene rings is 1. The molecule has 0 bridgehead atoms. The molecule has 1 radical (unpaired) electrons. The molecule has 1 heteroatoms. The van der Waals surface area contributed by atoms with Crippen molar-refractivity contribution in [1.29, 1.82) is 0 Å². The second kappa shape index (κ2) is 4.94. The van der Waals surface area contributed by atoms with Crippen molar-refractivity contribution in [3.8, 4) is 0 Å². The predicted octanol–water partition coefficient (Wildman–Crippen LogP) is 2.54. The molecule has 0 saturated carbocycles. The second-order valence-corrected chi connectivity index (χ2v) is 3.33. The molecule has 0 fully saturated rings. The van der Waals surface area contributed by atoms with Crippen LogP contribution in [0.2, 0.25) is 0 Å². The molecule has 0 heterocycles. The van der Waals surface area contributed by atoms with Gasteiger partial charge in [0.2, 0.25) is 0 Å². The molecule has 0 aliphatic carbocycles. The van der Waals surface area contributed by atoms with E-state index >= 15 is 0 Å². The van der Waals surface area contributed by atoms with Gasteiger partial charge >= 0.3 is 0 Å². The molecular formula is C11H16N. The minimum Gasteiger partial charge on any atom is -0.258 e. The first-order valence-electron chi connectivity index (χ1n) is 4.51. The third-order valence-corrected chi connectivity index (χ3v) is 2.12. The van der Waals surface area contributed by atoms with Crippen molar-refractivity contribution < 1.29 is 0 Å². The largest absolute Gasteiger partial charge is 0.258 e. The summed E-state index contributed by atoms with van der Waals surface area (Å²) in [5, 5.41) is 0. The van der Waals surface area contributed by atoms with Gasteiger partial charge in [0, 0.05) is 6.54 Å². The molecule has 0 saturated heterocycles.